The van der Waals surface area contributed by atoms with E-state index >= 15 is 0 Å². The predicted molar refractivity (Wildman–Crippen MR) is 106 cm³/mol. The minimum absolute atomic E-state index is 0.143. The second-order valence-electron chi connectivity index (χ2n) is 6.42. The third-order valence-corrected chi connectivity index (χ3v) is 4.26. The van der Waals surface area contributed by atoms with Crippen molar-refractivity contribution in [1.82, 2.24) is 15.3 Å². The fourth-order valence-electron chi connectivity index (χ4n) is 2.95. The van der Waals surface area contributed by atoms with Gasteiger partial charge in [-0.3, -0.25) is 9.78 Å². The molecule has 3 rings (SSSR count). The Morgan fingerprint density at radius 3 is 2.81 bits per heavy atom. The first-order chi connectivity index (χ1) is 13.1. The lowest BCUT2D eigenvalue weighted by Crippen LogP contribution is -2.26. The molecule has 0 fully saturated rings. The number of pyridine rings is 2. The highest BCUT2D eigenvalue weighted by Gasteiger charge is 2.09. The number of amides is 1. The molecule has 0 unspecified atom stereocenters. The van der Waals surface area contributed by atoms with Crippen LogP contribution < -0.4 is 10.6 Å². The topological polar surface area (TPSA) is 90.7 Å². The molecule has 1 aromatic carbocycles. The van der Waals surface area contributed by atoms with Gasteiger partial charge in [0.2, 0.25) is 0 Å². The van der Waals surface area contributed by atoms with E-state index in [1.807, 2.05) is 26.0 Å². The number of aromatic nitrogens is 2. The monoisotopic (exact) mass is 359 g/mol. The van der Waals surface area contributed by atoms with E-state index in [1.54, 1.807) is 18.3 Å². The molecule has 6 nitrogen and oxygen atoms in total. The zero-order chi connectivity index (χ0) is 19.2. The number of fused-ring (bicyclic) bond motifs is 1. The largest absolute Gasteiger partial charge is 0.369 e. The van der Waals surface area contributed by atoms with Crippen LogP contribution in [0, 0.1) is 25.2 Å². The molecule has 0 saturated heterocycles. The summed E-state index contributed by atoms with van der Waals surface area (Å²) in [6, 6.07) is 11.6. The Labute approximate surface area is 158 Å². The first-order valence-electron chi connectivity index (χ1n) is 8.82. The Kier molecular flexibility index (Phi) is 5.62. The van der Waals surface area contributed by atoms with E-state index < -0.39 is 0 Å². The Balaban J connectivity index is 1.60. The number of nitrogens with one attached hydrogen (secondary N) is 2. The number of aryl methyl sites for hydroxylation is 2. The van der Waals surface area contributed by atoms with Gasteiger partial charge in [-0.1, -0.05) is 6.07 Å². The van der Waals surface area contributed by atoms with Crippen LogP contribution >= 0.6 is 0 Å². The number of nitriles is 1. The van der Waals surface area contributed by atoms with Gasteiger partial charge >= 0.3 is 0 Å². The lowest BCUT2D eigenvalue weighted by molar-refractivity contribution is 0.0953. The van der Waals surface area contributed by atoms with Gasteiger partial charge < -0.3 is 10.6 Å². The van der Waals surface area contributed by atoms with Gasteiger partial charge in [0.25, 0.3) is 5.91 Å². The van der Waals surface area contributed by atoms with E-state index in [4.69, 9.17) is 0 Å². The van der Waals surface area contributed by atoms with Crippen LogP contribution in [0.3, 0.4) is 0 Å². The number of benzene rings is 1. The Hall–Kier alpha value is -3.46. The summed E-state index contributed by atoms with van der Waals surface area (Å²) in [4.78, 5) is 20.5. The predicted octanol–water partition coefficient (Wildman–Crippen LogP) is 3.35. The Morgan fingerprint density at radius 1 is 1.22 bits per heavy atom. The lowest BCUT2D eigenvalue weighted by atomic mass is 10.0. The van der Waals surface area contributed by atoms with Gasteiger partial charge in [-0.15, -0.1) is 0 Å². The summed E-state index contributed by atoms with van der Waals surface area (Å²) < 4.78 is 0. The maximum atomic E-state index is 12.0. The van der Waals surface area contributed by atoms with E-state index in [2.05, 4.69) is 32.7 Å². The lowest BCUT2D eigenvalue weighted by Gasteiger charge is -2.11. The van der Waals surface area contributed by atoms with Gasteiger partial charge in [0.05, 0.1) is 16.6 Å². The standard InChI is InChI=1S/C21H21N5O/c1-14-9-15(2)18-11-17(12-22)20(26-19(18)10-14)24-7-4-8-25-21(27)16-5-3-6-23-13-16/h3,5-6,9-11,13H,4,7-8H2,1-2H3,(H,24,26)(H,25,27). The third-order valence-electron chi connectivity index (χ3n) is 4.26. The van der Waals surface area contributed by atoms with Crippen molar-refractivity contribution in [3.63, 3.8) is 0 Å². The number of nitrogens with zero attached hydrogens (tertiary/aromatic N) is 3. The summed E-state index contributed by atoms with van der Waals surface area (Å²) in [5.74, 6) is 0.434. The van der Waals surface area contributed by atoms with E-state index in [1.165, 1.54) is 6.20 Å². The molecule has 1 amide bonds. The number of rotatable bonds is 6. The summed E-state index contributed by atoms with van der Waals surface area (Å²) in [6.45, 7) is 5.18. The molecule has 0 aliphatic carbocycles. The summed E-state index contributed by atoms with van der Waals surface area (Å²) in [6.07, 6.45) is 3.88. The number of carbonyl (C=O) groups excluding carboxylic acids is 1. The molecule has 0 radical (unpaired) electrons. The number of anilines is 1. The van der Waals surface area contributed by atoms with Crippen molar-refractivity contribution >= 4 is 22.6 Å². The minimum Gasteiger partial charge on any atom is -0.369 e. The molecule has 2 heterocycles. The first-order valence-corrected chi connectivity index (χ1v) is 8.82. The van der Waals surface area contributed by atoms with Gasteiger partial charge in [0.15, 0.2) is 0 Å². The first kappa shape index (κ1) is 18.3. The van der Waals surface area contributed by atoms with Gasteiger partial charge in [-0.2, -0.15) is 5.26 Å². The van der Waals surface area contributed by atoms with Gasteiger partial charge in [-0.05, 0) is 55.7 Å². The van der Waals surface area contributed by atoms with Gasteiger partial charge in [0, 0.05) is 30.9 Å². The molecule has 0 aliphatic heterocycles. The minimum atomic E-state index is -0.143. The van der Waals surface area contributed by atoms with Crippen LogP contribution in [0.5, 0.6) is 0 Å². The number of hydrogen-bond donors (Lipinski definition) is 2. The molecule has 0 bridgehead atoms. The van der Waals surface area contributed by atoms with Crippen LogP contribution in [0.1, 0.15) is 33.5 Å². The molecule has 0 aliphatic rings. The van der Waals surface area contributed by atoms with Crippen molar-refractivity contribution in [3.8, 4) is 6.07 Å². The normalized spacial score (nSPS) is 10.4. The number of hydrogen-bond acceptors (Lipinski definition) is 5. The van der Waals surface area contributed by atoms with Crippen LogP contribution in [-0.4, -0.2) is 29.0 Å². The fourth-order valence-corrected chi connectivity index (χ4v) is 2.95. The molecule has 27 heavy (non-hydrogen) atoms. The highest BCUT2D eigenvalue weighted by atomic mass is 16.1. The van der Waals surface area contributed by atoms with Crippen molar-refractivity contribution in [2.75, 3.05) is 18.4 Å². The molecule has 2 N–H and O–H groups in total. The SMILES string of the molecule is Cc1cc(C)c2cc(C#N)c(NCCCNC(=O)c3cccnc3)nc2c1. The van der Waals surface area contributed by atoms with E-state index in [-0.39, 0.29) is 5.91 Å². The maximum Gasteiger partial charge on any atom is 0.252 e. The van der Waals surface area contributed by atoms with Crippen LogP contribution in [0.4, 0.5) is 5.82 Å². The van der Waals surface area contributed by atoms with Crippen molar-refractivity contribution in [1.29, 1.82) is 5.26 Å². The number of carbonyl (C=O) groups is 1. The molecule has 3 aromatic rings. The van der Waals surface area contributed by atoms with Crippen LogP contribution in [0.25, 0.3) is 10.9 Å². The average molecular weight is 359 g/mol. The van der Waals surface area contributed by atoms with Gasteiger partial charge in [-0.25, -0.2) is 4.98 Å². The average Bonchev–Trinajstić information content (AvgIpc) is 2.67. The highest BCUT2D eigenvalue weighted by molar-refractivity contribution is 5.93. The van der Waals surface area contributed by atoms with Crippen molar-refractivity contribution in [2.24, 2.45) is 0 Å². The second kappa shape index (κ2) is 8.28. The molecule has 136 valence electrons. The smallest absolute Gasteiger partial charge is 0.252 e. The van der Waals surface area contributed by atoms with Gasteiger partial charge in [0.1, 0.15) is 11.9 Å². The summed E-state index contributed by atoms with van der Waals surface area (Å²) >= 11 is 0. The van der Waals surface area contributed by atoms with Crippen LogP contribution in [0.2, 0.25) is 0 Å². The molecule has 0 spiro atoms. The quantitative estimate of drug-likeness (QED) is 0.659. The molecular formula is C21H21N5O. The second-order valence-corrected chi connectivity index (χ2v) is 6.42. The van der Waals surface area contributed by atoms with E-state index in [0.29, 0.717) is 36.5 Å². The Morgan fingerprint density at radius 2 is 2.07 bits per heavy atom. The maximum absolute atomic E-state index is 12.0. The summed E-state index contributed by atoms with van der Waals surface area (Å²) in [7, 11) is 0. The van der Waals surface area contributed by atoms with Crippen LogP contribution in [0.15, 0.2) is 42.7 Å². The Bertz CT molecular complexity index is 1010. The van der Waals surface area contributed by atoms with E-state index in [9.17, 15) is 10.1 Å². The zero-order valence-corrected chi connectivity index (χ0v) is 15.4. The van der Waals surface area contributed by atoms with Crippen molar-refractivity contribution in [2.45, 2.75) is 20.3 Å². The zero-order valence-electron chi connectivity index (χ0n) is 15.4. The molecular weight excluding hydrogens is 338 g/mol. The molecule has 0 saturated carbocycles. The van der Waals surface area contributed by atoms with Crippen LogP contribution in [-0.2, 0) is 0 Å². The summed E-state index contributed by atoms with van der Waals surface area (Å²) in [5.41, 5.74) is 4.19. The molecule has 2 aromatic heterocycles. The van der Waals surface area contributed by atoms with Crippen molar-refractivity contribution in [3.05, 3.63) is 65.0 Å². The fraction of sp³-hybridized carbons (Fsp3) is 0.238. The summed E-state index contributed by atoms with van der Waals surface area (Å²) in [5, 5.41) is 16.5. The highest BCUT2D eigenvalue weighted by Crippen LogP contribution is 2.24. The molecule has 0 atom stereocenters. The molecule has 6 heteroatoms. The third kappa shape index (κ3) is 4.39. The van der Waals surface area contributed by atoms with Crippen molar-refractivity contribution < 1.29 is 4.79 Å². The van der Waals surface area contributed by atoms with E-state index in [0.717, 1.165) is 22.0 Å².